The number of ether oxygens (including phenoxy) is 4. The molecule has 0 saturated carbocycles. The maximum Gasteiger partial charge on any atom is 0.343 e. The molecule has 0 N–H and O–H groups in total. The van der Waals surface area contributed by atoms with E-state index >= 15 is 0 Å². The third-order valence-corrected chi connectivity index (χ3v) is 5.04. The third kappa shape index (κ3) is 4.70. The van der Waals surface area contributed by atoms with Gasteiger partial charge < -0.3 is 23.4 Å². The first-order valence-electron chi connectivity index (χ1n) is 9.59. The number of fused-ring (bicyclic) bond motifs is 1. The van der Waals surface area contributed by atoms with Crippen molar-refractivity contribution in [2.75, 3.05) is 26.6 Å². The molecule has 0 bridgehead atoms. The normalized spacial score (nSPS) is 10.6. The van der Waals surface area contributed by atoms with Crippen LogP contribution in [-0.2, 0) is 4.74 Å². The molecule has 0 aliphatic rings. The van der Waals surface area contributed by atoms with Crippen molar-refractivity contribution in [3.8, 4) is 23.5 Å². The molecule has 2 aromatic heterocycles. The number of rotatable bonds is 9. The van der Waals surface area contributed by atoms with Crippen LogP contribution >= 0.6 is 11.8 Å². The van der Waals surface area contributed by atoms with Gasteiger partial charge in [0.25, 0.3) is 0 Å². The van der Waals surface area contributed by atoms with E-state index in [2.05, 4.69) is 16.5 Å². The molecule has 168 valence electrons. The fraction of sp³-hybridized carbons (Fsp3) is 0.273. The molecule has 0 aliphatic carbocycles. The van der Waals surface area contributed by atoms with Crippen LogP contribution in [0.5, 0.6) is 23.5 Å². The minimum absolute atomic E-state index is 0.0200. The predicted octanol–water partition coefficient (Wildman–Crippen LogP) is 4.58. The van der Waals surface area contributed by atoms with Gasteiger partial charge in [-0.25, -0.2) is 4.79 Å². The number of hydrogen-bond acceptors (Lipinski definition) is 10. The quantitative estimate of drug-likeness (QED) is 0.334. The fourth-order valence-corrected chi connectivity index (χ4v) is 3.62. The van der Waals surface area contributed by atoms with Gasteiger partial charge in [-0.15, -0.1) is 0 Å². The Kier molecular flexibility index (Phi) is 7.37. The predicted molar refractivity (Wildman–Crippen MR) is 119 cm³/mol. The lowest BCUT2D eigenvalue weighted by Crippen LogP contribution is -2.10. The van der Waals surface area contributed by atoms with Crippen molar-refractivity contribution in [3.05, 3.63) is 47.7 Å². The lowest BCUT2D eigenvalue weighted by atomic mass is 10.0. The number of aromatic nitrogens is 2. The zero-order valence-corrected chi connectivity index (χ0v) is 18.9. The first-order valence-corrected chi connectivity index (χ1v) is 10.6. The molecule has 0 unspecified atom stereocenters. The summed E-state index contributed by atoms with van der Waals surface area (Å²) in [6, 6.07) is 4.49. The van der Waals surface area contributed by atoms with Crippen molar-refractivity contribution in [3.63, 3.8) is 0 Å². The summed E-state index contributed by atoms with van der Waals surface area (Å²) >= 11 is 1.11. The molecular formula is C22H22N2O7S. The molecule has 32 heavy (non-hydrogen) atoms. The van der Waals surface area contributed by atoms with Gasteiger partial charge in [0.15, 0.2) is 0 Å². The SMILES string of the molecule is C=CCOC(=O)c1c(Oc2nc(OC)cc(OC)n2)ccc2oc(C)c(C(=O)SCC)c12. The monoisotopic (exact) mass is 458 g/mol. The van der Waals surface area contributed by atoms with Gasteiger partial charge in [-0.1, -0.05) is 31.3 Å². The van der Waals surface area contributed by atoms with Gasteiger partial charge in [0.05, 0.1) is 31.2 Å². The largest absolute Gasteiger partial charge is 0.481 e. The van der Waals surface area contributed by atoms with Crippen molar-refractivity contribution >= 4 is 33.8 Å². The molecule has 9 nitrogen and oxygen atoms in total. The van der Waals surface area contributed by atoms with Crippen LogP contribution in [0.15, 0.2) is 35.3 Å². The third-order valence-electron chi connectivity index (χ3n) is 4.29. The van der Waals surface area contributed by atoms with Gasteiger partial charge in [-0.05, 0) is 24.8 Å². The number of thioether (sulfide) groups is 1. The minimum Gasteiger partial charge on any atom is -0.481 e. The van der Waals surface area contributed by atoms with Crippen LogP contribution in [0.4, 0.5) is 0 Å². The number of carbonyl (C=O) groups is 2. The zero-order chi connectivity index (χ0) is 23.3. The Labute approximate surface area is 188 Å². The Morgan fingerprint density at radius 3 is 2.44 bits per heavy atom. The second-order valence-corrected chi connectivity index (χ2v) is 7.53. The van der Waals surface area contributed by atoms with Crippen LogP contribution in [0, 0.1) is 6.92 Å². The van der Waals surface area contributed by atoms with Crippen molar-refractivity contribution in [2.24, 2.45) is 0 Å². The van der Waals surface area contributed by atoms with Gasteiger partial charge >= 0.3 is 12.0 Å². The fourth-order valence-electron chi connectivity index (χ4n) is 2.97. The van der Waals surface area contributed by atoms with E-state index < -0.39 is 5.97 Å². The molecule has 10 heteroatoms. The van der Waals surface area contributed by atoms with Gasteiger partial charge in [-0.2, -0.15) is 9.97 Å². The summed E-state index contributed by atoms with van der Waals surface area (Å²) in [5, 5.41) is 0.0767. The van der Waals surface area contributed by atoms with Crippen molar-refractivity contribution in [1.82, 2.24) is 9.97 Å². The van der Waals surface area contributed by atoms with Crippen LogP contribution in [-0.4, -0.2) is 47.6 Å². The van der Waals surface area contributed by atoms with Crippen molar-refractivity contribution in [2.45, 2.75) is 13.8 Å². The Balaban J connectivity index is 2.21. The molecule has 0 atom stereocenters. The van der Waals surface area contributed by atoms with E-state index in [0.717, 1.165) is 11.8 Å². The van der Waals surface area contributed by atoms with Crippen LogP contribution in [0.2, 0.25) is 0 Å². The highest BCUT2D eigenvalue weighted by Gasteiger charge is 2.28. The molecule has 1 aromatic carbocycles. The average Bonchev–Trinajstić information content (AvgIpc) is 3.12. The Morgan fingerprint density at radius 1 is 1.16 bits per heavy atom. The molecule has 2 heterocycles. The highest BCUT2D eigenvalue weighted by atomic mass is 32.2. The summed E-state index contributed by atoms with van der Waals surface area (Å²) in [5.74, 6) is 0.737. The summed E-state index contributed by atoms with van der Waals surface area (Å²) in [6.07, 6.45) is 1.44. The smallest absolute Gasteiger partial charge is 0.343 e. The number of nitrogens with zero attached hydrogens (tertiary/aromatic N) is 2. The van der Waals surface area contributed by atoms with E-state index in [1.165, 1.54) is 32.4 Å². The van der Waals surface area contributed by atoms with E-state index in [9.17, 15) is 9.59 Å². The summed E-state index contributed by atoms with van der Waals surface area (Å²) in [6.45, 7) is 7.06. The molecule has 0 aliphatic heterocycles. The molecule has 0 radical (unpaired) electrons. The van der Waals surface area contributed by atoms with Crippen molar-refractivity contribution < 1.29 is 33.0 Å². The van der Waals surface area contributed by atoms with E-state index in [1.54, 1.807) is 13.0 Å². The second kappa shape index (κ2) is 10.2. The first-order chi connectivity index (χ1) is 15.4. The molecule has 0 amide bonds. The average molecular weight is 458 g/mol. The Morgan fingerprint density at radius 2 is 1.84 bits per heavy atom. The lowest BCUT2D eigenvalue weighted by Gasteiger charge is -2.12. The van der Waals surface area contributed by atoms with Gasteiger partial charge in [0.2, 0.25) is 16.9 Å². The Hall–Kier alpha value is -3.53. The van der Waals surface area contributed by atoms with E-state index in [4.69, 9.17) is 23.4 Å². The molecule has 0 fully saturated rings. The van der Waals surface area contributed by atoms with Crippen LogP contribution in [0.25, 0.3) is 11.0 Å². The van der Waals surface area contributed by atoms with Gasteiger partial charge in [0.1, 0.15) is 29.3 Å². The number of aryl methyl sites for hydroxylation is 1. The van der Waals surface area contributed by atoms with Crippen LogP contribution < -0.4 is 14.2 Å². The van der Waals surface area contributed by atoms with Crippen molar-refractivity contribution in [1.29, 1.82) is 0 Å². The van der Waals surface area contributed by atoms with Gasteiger partial charge in [0, 0.05) is 0 Å². The number of methoxy groups -OCH3 is 2. The molecule has 0 spiro atoms. The van der Waals surface area contributed by atoms with Crippen LogP contribution in [0.3, 0.4) is 0 Å². The standard InChI is InChI=1S/C22H22N2O7S/c1-6-10-29-20(25)19-14(31-22-23-15(27-4)11-16(24-22)28-5)9-8-13-18(19)17(12(3)30-13)21(26)32-7-2/h6,8-9,11H,1,7,10H2,2-5H3. The number of carbonyl (C=O) groups excluding carboxylic acids is 2. The number of benzene rings is 1. The highest BCUT2D eigenvalue weighted by Crippen LogP contribution is 2.38. The lowest BCUT2D eigenvalue weighted by molar-refractivity contribution is 0.0549. The maximum absolute atomic E-state index is 13.0. The summed E-state index contributed by atoms with van der Waals surface area (Å²) < 4.78 is 27.1. The molecular weight excluding hydrogens is 436 g/mol. The molecule has 0 saturated heterocycles. The molecule has 3 rings (SSSR count). The highest BCUT2D eigenvalue weighted by molar-refractivity contribution is 8.14. The van der Waals surface area contributed by atoms with E-state index in [0.29, 0.717) is 22.5 Å². The summed E-state index contributed by atoms with van der Waals surface area (Å²) in [7, 11) is 2.88. The van der Waals surface area contributed by atoms with Crippen LogP contribution in [0.1, 0.15) is 33.4 Å². The van der Waals surface area contributed by atoms with E-state index in [1.807, 2.05) is 6.92 Å². The van der Waals surface area contributed by atoms with E-state index in [-0.39, 0.29) is 46.4 Å². The molecule has 3 aromatic rings. The Bertz CT molecular complexity index is 1150. The zero-order valence-electron chi connectivity index (χ0n) is 18.1. The number of hydrogen-bond donors (Lipinski definition) is 0. The summed E-state index contributed by atoms with van der Waals surface area (Å²) in [4.78, 5) is 34.1. The summed E-state index contributed by atoms with van der Waals surface area (Å²) in [5.41, 5.74) is 0.656. The topological polar surface area (TPSA) is 110 Å². The minimum atomic E-state index is -0.711. The maximum atomic E-state index is 13.0. The number of esters is 1. The van der Waals surface area contributed by atoms with Gasteiger partial charge in [-0.3, -0.25) is 4.79 Å². The first kappa shape index (κ1) is 23.1. The second-order valence-electron chi connectivity index (χ2n) is 6.29. The number of furan rings is 1.